The van der Waals surface area contributed by atoms with Gasteiger partial charge in [-0.15, -0.1) is 0 Å². The first kappa shape index (κ1) is 20.2. The Hall–Kier alpha value is -1.08. The molecule has 0 amide bonds. The zero-order valence-electron chi connectivity index (χ0n) is 14.5. The van der Waals surface area contributed by atoms with Crippen LogP contribution in [0.3, 0.4) is 0 Å². The number of hydrogen-bond donors (Lipinski definition) is 1. The molecule has 1 atom stereocenters. The van der Waals surface area contributed by atoms with E-state index in [1.165, 1.54) is 0 Å². The molecule has 0 aliphatic rings. The highest BCUT2D eigenvalue weighted by Crippen LogP contribution is 2.36. The molecule has 0 bridgehead atoms. The van der Waals surface area contributed by atoms with E-state index >= 15 is 0 Å². The molecule has 0 heterocycles. The Kier molecular flexibility index (Phi) is 6.20. The minimum Gasteiger partial charge on any atom is -0.376 e. The molecule has 25 heavy (non-hydrogen) atoms. The van der Waals surface area contributed by atoms with Crippen molar-refractivity contribution in [3.63, 3.8) is 0 Å². The number of hydrogen-bond acceptors (Lipinski definition) is 3. The fraction of sp³-hybridized carbons (Fsp3) is 0.333. The summed E-state index contributed by atoms with van der Waals surface area (Å²) in [5, 5.41) is 0.520. The molecular formula is C18H21BrClNO3S. The van der Waals surface area contributed by atoms with Gasteiger partial charge in [-0.25, -0.2) is 8.42 Å². The van der Waals surface area contributed by atoms with Gasteiger partial charge in [-0.2, -0.15) is 0 Å². The number of ether oxygens (including phenoxy) is 1. The highest BCUT2D eigenvalue weighted by atomic mass is 79.9. The molecule has 0 fully saturated rings. The molecule has 0 aromatic heterocycles. The van der Waals surface area contributed by atoms with Crippen molar-refractivity contribution in [3.8, 4) is 0 Å². The monoisotopic (exact) mass is 445 g/mol. The Morgan fingerprint density at radius 3 is 2.20 bits per heavy atom. The zero-order chi connectivity index (χ0) is 18.8. The van der Waals surface area contributed by atoms with Crippen molar-refractivity contribution >= 4 is 43.2 Å². The number of sulfonamides is 1. The lowest BCUT2D eigenvalue weighted by Gasteiger charge is -2.29. The summed E-state index contributed by atoms with van der Waals surface area (Å²) >= 11 is 9.19. The standard InChI is InChI=1S/C18H21BrClNO3S/c1-18(2,3)17(24-4)12-5-8-14(9-6-12)25(22,23)21-16-10-7-13(20)11-15(16)19/h5-11,17,21H,1-4H3. The van der Waals surface area contributed by atoms with Gasteiger partial charge in [-0.05, 0) is 57.2 Å². The van der Waals surface area contributed by atoms with E-state index in [2.05, 4.69) is 41.4 Å². The van der Waals surface area contributed by atoms with Crippen molar-refractivity contribution in [1.29, 1.82) is 0 Å². The van der Waals surface area contributed by atoms with Gasteiger partial charge in [0.25, 0.3) is 10.0 Å². The molecule has 7 heteroatoms. The lowest BCUT2D eigenvalue weighted by Crippen LogP contribution is -2.20. The minimum atomic E-state index is -3.70. The van der Waals surface area contributed by atoms with E-state index in [-0.39, 0.29) is 16.4 Å². The molecule has 0 saturated heterocycles. The van der Waals surface area contributed by atoms with Gasteiger partial charge in [-0.1, -0.05) is 44.5 Å². The first-order valence-corrected chi connectivity index (χ1v) is 10.3. The Bertz CT molecular complexity index is 846. The summed E-state index contributed by atoms with van der Waals surface area (Å²) in [6.45, 7) is 6.22. The number of methoxy groups -OCH3 is 1. The van der Waals surface area contributed by atoms with E-state index in [9.17, 15) is 8.42 Å². The Balaban J connectivity index is 2.28. The fourth-order valence-electron chi connectivity index (χ4n) is 2.59. The maximum atomic E-state index is 12.6. The summed E-state index contributed by atoms with van der Waals surface area (Å²) in [5.74, 6) is 0. The van der Waals surface area contributed by atoms with E-state index < -0.39 is 10.0 Å². The molecule has 1 unspecified atom stereocenters. The van der Waals surface area contributed by atoms with Crippen molar-refractivity contribution in [2.45, 2.75) is 31.8 Å². The van der Waals surface area contributed by atoms with Crippen molar-refractivity contribution < 1.29 is 13.2 Å². The van der Waals surface area contributed by atoms with Crippen molar-refractivity contribution in [1.82, 2.24) is 0 Å². The predicted octanol–water partition coefficient (Wildman–Crippen LogP) is 5.64. The summed E-state index contributed by atoms with van der Waals surface area (Å²) in [4.78, 5) is 0.182. The highest BCUT2D eigenvalue weighted by Gasteiger charge is 2.26. The molecule has 2 aromatic carbocycles. The van der Waals surface area contributed by atoms with Crippen molar-refractivity contribution in [2.24, 2.45) is 5.41 Å². The number of halogens is 2. The summed E-state index contributed by atoms with van der Waals surface area (Å²) in [5.41, 5.74) is 1.27. The number of nitrogens with one attached hydrogen (secondary N) is 1. The van der Waals surface area contributed by atoms with Gasteiger partial charge < -0.3 is 4.74 Å². The predicted molar refractivity (Wildman–Crippen MR) is 106 cm³/mol. The van der Waals surface area contributed by atoms with Crippen LogP contribution in [0.15, 0.2) is 51.8 Å². The second kappa shape index (κ2) is 7.66. The van der Waals surface area contributed by atoms with Crippen LogP contribution in [0.2, 0.25) is 5.02 Å². The summed E-state index contributed by atoms with van der Waals surface area (Å²) in [7, 11) is -2.04. The van der Waals surface area contributed by atoms with Crippen molar-refractivity contribution in [2.75, 3.05) is 11.8 Å². The first-order chi connectivity index (χ1) is 11.5. The Morgan fingerprint density at radius 1 is 1.12 bits per heavy atom. The molecule has 2 aromatic rings. The molecular weight excluding hydrogens is 426 g/mol. The zero-order valence-corrected chi connectivity index (χ0v) is 17.7. The van der Waals surface area contributed by atoms with Gasteiger partial charge in [0.2, 0.25) is 0 Å². The molecule has 1 N–H and O–H groups in total. The van der Waals surface area contributed by atoms with Gasteiger partial charge in [0.05, 0.1) is 16.7 Å². The fourth-order valence-corrected chi connectivity index (χ4v) is 4.58. The van der Waals surface area contributed by atoms with Gasteiger partial charge in [0.1, 0.15) is 0 Å². The summed E-state index contributed by atoms with van der Waals surface area (Å²) < 4.78 is 33.9. The molecule has 0 saturated carbocycles. The van der Waals surface area contributed by atoms with Crippen LogP contribution in [0.4, 0.5) is 5.69 Å². The number of benzene rings is 2. The van der Waals surface area contributed by atoms with Crippen LogP contribution in [0, 0.1) is 5.41 Å². The van der Waals surface area contributed by atoms with Crippen LogP contribution in [0.5, 0.6) is 0 Å². The van der Waals surface area contributed by atoms with Crippen LogP contribution < -0.4 is 4.72 Å². The van der Waals surface area contributed by atoms with E-state index in [0.717, 1.165) is 5.56 Å². The summed E-state index contributed by atoms with van der Waals surface area (Å²) in [6.07, 6.45) is -0.123. The lowest BCUT2D eigenvalue weighted by atomic mass is 9.85. The molecule has 2 rings (SSSR count). The summed E-state index contributed by atoms with van der Waals surface area (Å²) in [6, 6.07) is 11.6. The first-order valence-electron chi connectivity index (χ1n) is 7.65. The van der Waals surface area contributed by atoms with E-state index in [0.29, 0.717) is 15.2 Å². The largest absolute Gasteiger partial charge is 0.376 e. The van der Waals surface area contributed by atoms with Gasteiger partial charge in [0, 0.05) is 16.6 Å². The van der Waals surface area contributed by atoms with Crippen molar-refractivity contribution in [3.05, 3.63) is 57.5 Å². The van der Waals surface area contributed by atoms with Crippen LogP contribution >= 0.6 is 27.5 Å². The minimum absolute atomic E-state index is 0.0957. The Morgan fingerprint density at radius 2 is 1.72 bits per heavy atom. The number of rotatable bonds is 5. The second-order valence-corrected chi connectivity index (χ2v) is 9.75. The maximum absolute atomic E-state index is 12.6. The van der Waals surface area contributed by atoms with E-state index in [4.69, 9.17) is 16.3 Å². The SMILES string of the molecule is COC(c1ccc(S(=O)(=O)Nc2ccc(Cl)cc2Br)cc1)C(C)(C)C. The van der Waals surface area contributed by atoms with Gasteiger partial charge in [0.15, 0.2) is 0 Å². The third-order valence-electron chi connectivity index (χ3n) is 3.69. The highest BCUT2D eigenvalue weighted by molar-refractivity contribution is 9.10. The lowest BCUT2D eigenvalue weighted by molar-refractivity contribution is 0.0152. The molecule has 136 valence electrons. The van der Waals surface area contributed by atoms with Crippen LogP contribution in [-0.4, -0.2) is 15.5 Å². The van der Waals surface area contributed by atoms with Crippen LogP contribution in [-0.2, 0) is 14.8 Å². The van der Waals surface area contributed by atoms with E-state index in [1.54, 1.807) is 49.6 Å². The average Bonchev–Trinajstić information content (AvgIpc) is 2.50. The molecule has 4 nitrogen and oxygen atoms in total. The maximum Gasteiger partial charge on any atom is 0.261 e. The van der Waals surface area contributed by atoms with Gasteiger partial charge in [-0.3, -0.25) is 4.72 Å². The second-order valence-electron chi connectivity index (χ2n) is 6.78. The third-order valence-corrected chi connectivity index (χ3v) is 5.96. The Labute approximate surface area is 162 Å². The topological polar surface area (TPSA) is 55.4 Å². The average molecular weight is 447 g/mol. The van der Waals surface area contributed by atoms with Gasteiger partial charge >= 0.3 is 0 Å². The smallest absolute Gasteiger partial charge is 0.261 e. The van der Waals surface area contributed by atoms with Crippen LogP contribution in [0.1, 0.15) is 32.4 Å². The molecule has 0 aliphatic heterocycles. The normalized spacial score (nSPS) is 13.5. The third kappa shape index (κ3) is 4.97. The molecule has 0 aliphatic carbocycles. The molecule has 0 spiro atoms. The van der Waals surface area contributed by atoms with Crippen LogP contribution in [0.25, 0.3) is 0 Å². The number of anilines is 1. The molecule has 0 radical (unpaired) electrons. The quantitative estimate of drug-likeness (QED) is 0.647. The van der Waals surface area contributed by atoms with E-state index in [1.807, 2.05) is 0 Å².